The second-order valence-electron chi connectivity index (χ2n) is 3.83. The van der Waals surface area contributed by atoms with Gasteiger partial charge in [0.25, 0.3) is 0 Å². The Balaban J connectivity index is 2.23. The summed E-state index contributed by atoms with van der Waals surface area (Å²) < 4.78 is 0. The van der Waals surface area contributed by atoms with E-state index in [1.165, 1.54) is 12.8 Å². The van der Waals surface area contributed by atoms with E-state index in [1.54, 1.807) is 0 Å². The van der Waals surface area contributed by atoms with E-state index < -0.39 is 0 Å². The van der Waals surface area contributed by atoms with Crippen molar-refractivity contribution >= 4 is 31.9 Å². The molecule has 2 aliphatic rings. The Hall–Kier alpha value is 0.250. The number of rotatable bonds is 0. The van der Waals surface area contributed by atoms with Gasteiger partial charge in [0, 0.05) is 9.65 Å². The van der Waals surface area contributed by atoms with Crippen LogP contribution in [-0.4, -0.2) is 26.6 Å². The van der Waals surface area contributed by atoms with Crippen molar-refractivity contribution in [1.29, 1.82) is 5.26 Å². The second-order valence-corrected chi connectivity index (χ2v) is 6.18. The van der Waals surface area contributed by atoms with Gasteiger partial charge in [-0.15, -0.1) is 0 Å². The maximum Gasteiger partial charge on any atom is 0.179 e. The Morgan fingerprint density at radius 1 is 1.00 bits per heavy atom. The first-order valence-corrected chi connectivity index (χ1v) is 6.53. The lowest BCUT2D eigenvalue weighted by molar-refractivity contribution is 0.304. The van der Waals surface area contributed by atoms with Gasteiger partial charge in [-0.1, -0.05) is 31.9 Å². The van der Waals surface area contributed by atoms with Gasteiger partial charge in [-0.3, -0.25) is 0 Å². The smallest absolute Gasteiger partial charge is 0.179 e. The van der Waals surface area contributed by atoms with E-state index in [-0.39, 0.29) is 0 Å². The van der Waals surface area contributed by atoms with Crippen LogP contribution in [0.4, 0.5) is 0 Å². The highest BCUT2D eigenvalue weighted by atomic mass is 79.9. The van der Waals surface area contributed by atoms with Gasteiger partial charge in [-0.2, -0.15) is 5.26 Å². The van der Waals surface area contributed by atoms with Crippen molar-refractivity contribution < 1.29 is 0 Å². The molecule has 2 aliphatic heterocycles. The Morgan fingerprint density at radius 3 is 1.85 bits per heavy atom. The summed E-state index contributed by atoms with van der Waals surface area (Å²) in [4.78, 5) is 2.99. The predicted molar refractivity (Wildman–Crippen MR) is 58.9 cm³/mol. The standard InChI is InChI=1S/C9H12Br2N2/c10-6-1-2-7(11)9-4-3-8(6)13(9)5-12/h6-9H,1-4H2. The molecule has 0 aliphatic carbocycles. The van der Waals surface area contributed by atoms with Gasteiger partial charge in [-0.25, -0.2) is 0 Å². The van der Waals surface area contributed by atoms with Gasteiger partial charge in [-0.05, 0) is 25.7 Å². The fraction of sp³-hybridized carbons (Fsp3) is 0.889. The van der Waals surface area contributed by atoms with E-state index in [0.29, 0.717) is 21.7 Å². The molecule has 0 saturated carbocycles. The number of nitriles is 1. The minimum absolute atomic E-state index is 0.442. The fourth-order valence-corrected chi connectivity index (χ4v) is 3.99. The highest BCUT2D eigenvalue weighted by Crippen LogP contribution is 2.39. The van der Waals surface area contributed by atoms with Gasteiger partial charge in [0.15, 0.2) is 6.19 Å². The van der Waals surface area contributed by atoms with E-state index in [1.807, 2.05) is 4.90 Å². The van der Waals surface area contributed by atoms with Crippen LogP contribution in [0, 0.1) is 11.5 Å². The Morgan fingerprint density at radius 2 is 1.46 bits per heavy atom. The van der Waals surface area contributed by atoms with E-state index in [9.17, 15) is 0 Å². The Labute approximate surface area is 95.5 Å². The molecule has 0 aromatic rings. The molecule has 13 heavy (non-hydrogen) atoms. The predicted octanol–water partition coefficient (Wildman–Crippen LogP) is 2.62. The summed E-state index contributed by atoms with van der Waals surface area (Å²) in [6.07, 6.45) is 7.02. The minimum atomic E-state index is 0.442. The fourth-order valence-electron chi connectivity index (χ4n) is 2.43. The SMILES string of the molecule is N#CN1C2CCC1C(Br)CCC2Br. The van der Waals surface area contributed by atoms with Crippen LogP contribution >= 0.6 is 31.9 Å². The molecule has 0 amide bonds. The van der Waals surface area contributed by atoms with Crippen LogP contribution in [-0.2, 0) is 0 Å². The van der Waals surface area contributed by atoms with Crippen molar-refractivity contribution in [2.75, 3.05) is 0 Å². The monoisotopic (exact) mass is 306 g/mol. The van der Waals surface area contributed by atoms with Crippen LogP contribution in [0.25, 0.3) is 0 Å². The molecule has 0 aromatic heterocycles. The molecule has 2 fully saturated rings. The summed E-state index contributed by atoms with van der Waals surface area (Å²) in [5, 5.41) is 9.07. The van der Waals surface area contributed by atoms with Gasteiger partial charge < -0.3 is 4.90 Å². The average Bonchev–Trinajstić information content (AvgIpc) is 2.51. The van der Waals surface area contributed by atoms with Crippen molar-refractivity contribution in [2.24, 2.45) is 0 Å². The lowest BCUT2D eigenvalue weighted by Crippen LogP contribution is -2.37. The highest BCUT2D eigenvalue weighted by Gasteiger charge is 2.42. The van der Waals surface area contributed by atoms with Crippen molar-refractivity contribution in [3.8, 4) is 6.19 Å². The number of hydrogen-bond acceptors (Lipinski definition) is 2. The third-order valence-electron chi connectivity index (χ3n) is 3.14. The summed E-state index contributed by atoms with van der Waals surface area (Å²) in [6.45, 7) is 0. The maximum atomic E-state index is 9.07. The number of hydrogen-bond donors (Lipinski definition) is 0. The van der Waals surface area contributed by atoms with Crippen molar-refractivity contribution in [3.63, 3.8) is 0 Å². The normalized spacial score (nSPS) is 44.2. The summed E-state index contributed by atoms with van der Waals surface area (Å²) in [7, 11) is 0. The van der Waals surface area contributed by atoms with E-state index in [0.717, 1.165) is 12.8 Å². The van der Waals surface area contributed by atoms with Crippen LogP contribution in [0.1, 0.15) is 25.7 Å². The Bertz CT molecular complexity index is 220. The highest BCUT2D eigenvalue weighted by molar-refractivity contribution is 9.09. The molecule has 0 N–H and O–H groups in total. The van der Waals surface area contributed by atoms with Gasteiger partial charge in [0.05, 0.1) is 12.1 Å². The molecule has 2 heterocycles. The first-order valence-electron chi connectivity index (χ1n) is 4.70. The molecule has 0 aromatic carbocycles. The number of fused-ring (bicyclic) bond motifs is 2. The minimum Gasteiger partial charge on any atom is -0.302 e. The quantitative estimate of drug-likeness (QED) is 0.508. The lowest BCUT2D eigenvalue weighted by atomic mass is 10.0. The van der Waals surface area contributed by atoms with Crippen molar-refractivity contribution in [2.45, 2.75) is 47.4 Å². The van der Waals surface area contributed by atoms with Crippen LogP contribution in [0.5, 0.6) is 0 Å². The van der Waals surface area contributed by atoms with Crippen LogP contribution in [0.2, 0.25) is 0 Å². The molecule has 2 rings (SSSR count). The molecule has 2 bridgehead atoms. The number of nitrogens with zero attached hydrogens (tertiary/aromatic N) is 2. The Kier molecular flexibility index (Phi) is 2.85. The number of alkyl halides is 2. The van der Waals surface area contributed by atoms with Crippen molar-refractivity contribution in [1.82, 2.24) is 4.90 Å². The first-order chi connectivity index (χ1) is 6.24. The summed E-state index contributed by atoms with van der Waals surface area (Å²) in [5.74, 6) is 0. The van der Waals surface area contributed by atoms with E-state index in [4.69, 9.17) is 5.26 Å². The second kappa shape index (κ2) is 3.78. The summed E-state index contributed by atoms with van der Waals surface area (Å²) in [5.41, 5.74) is 0. The molecular formula is C9H12Br2N2. The molecule has 4 heteroatoms. The zero-order valence-corrected chi connectivity index (χ0v) is 10.5. The molecule has 4 unspecified atom stereocenters. The topological polar surface area (TPSA) is 27.0 Å². The first kappa shape index (κ1) is 9.79. The zero-order valence-electron chi connectivity index (χ0n) is 7.29. The van der Waals surface area contributed by atoms with E-state index >= 15 is 0 Å². The van der Waals surface area contributed by atoms with Crippen LogP contribution in [0.15, 0.2) is 0 Å². The third-order valence-corrected chi connectivity index (χ3v) is 5.28. The molecular weight excluding hydrogens is 296 g/mol. The van der Waals surface area contributed by atoms with Gasteiger partial charge in [0.1, 0.15) is 0 Å². The zero-order chi connectivity index (χ0) is 9.42. The number of halogens is 2. The van der Waals surface area contributed by atoms with Crippen LogP contribution in [0.3, 0.4) is 0 Å². The molecule has 72 valence electrons. The molecule has 0 spiro atoms. The summed E-state index contributed by atoms with van der Waals surface area (Å²) >= 11 is 7.37. The van der Waals surface area contributed by atoms with Gasteiger partial charge in [0.2, 0.25) is 0 Å². The average molecular weight is 308 g/mol. The van der Waals surface area contributed by atoms with Crippen molar-refractivity contribution in [3.05, 3.63) is 0 Å². The van der Waals surface area contributed by atoms with Crippen LogP contribution < -0.4 is 0 Å². The molecule has 4 atom stereocenters. The summed E-state index contributed by atoms with van der Waals surface area (Å²) in [6, 6.07) is 0.884. The van der Waals surface area contributed by atoms with E-state index in [2.05, 4.69) is 38.1 Å². The molecule has 0 radical (unpaired) electrons. The largest absolute Gasteiger partial charge is 0.302 e. The lowest BCUT2D eigenvalue weighted by Gasteiger charge is -2.25. The maximum absolute atomic E-state index is 9.07. The van der Waals surface area contributed by atoms with Gasteiger partial charge >= 0.3 is 0 Å². The molecule has 2 nitrogen and oxygen atoms in total. The third kappa shape index (κ3) is 1.61. The molecule has 2 saturated heterocycles.